The number of hydrogen-bond donors (Lipinski definition) is 2. The second-order valence-corrected chi connectivity index (χ2v) is 3.38. The molecule has 0 aliphatic carbocycles. The van der Waals surface area contributed by atoms with Crippen molar-refractivity contribution in [1.82, 2.24) is 4.90 Å². The van der Waals surface area contributed by atoms with Crippen molar-refractivity contribution in [2.24, 2.45) is 0 Å². The number of amides is 1. The van der Waals surface area contributed by atoms with Gasteiger partial charge in [-0.25, -0.2) is 4.79 Å². The van der Waals surface area contributed by atoms with Gasteiger partial charge in [0, 0.05) is 7.05 Å². The molecule has 86 valence electrons. The Hall–Kier alpha value is -1.32. The van der Waals surface area contributed by atoms with E-state index in [9.17, 15) is 9.90 Å². The first-order valence-electron chi connectivity index (χ1n) is 4.55. The summed E-state index contributed by atoms with van der Waals surface area (Å²) >= 11 is 0. The van der Waals surface area contributed by atoms with Crippen molar-refractivity contribution in [1.29, 1.82) is 5.26 Å². The van der Waals surface area contributed by atoms with Gasteiger partial charge < -0.3 is 14.9 Å². The Morgan fingerprint density at radius 3 is 2.60 bits per heavy atom. The number of aliphatic hydroxyl groups is 1. The van der Waals surface area contributed by atoms with Crippen LogP contribution in [0.2, 0.25) is 0 Å². The maximum atomic E-state index is 10.6. The number of carboxylic acid groups (broad SMARTS) is 1. The van der Waals surface area contributed by atoms with E-state index in [0.717, 1.165) is 4.90 Å². The SMILES string of the molecule is CCC(C)(O)OCC(C#N)N(C)C(=O)O. The van der Waals surface area contributed by atoms with E-state index in [0.29, 0.717) is 6.42 Å². The fraction of sp³-hybridized carbons (Fsp3) is 0.778. The van der Waals surface area contributed by atoms with Crippen LogP contribution < -0.4 is 0 Å². The smallest absolute Gasteiger partial charge is 0.408 e. The van der Waals surface area contributed by atoms with Crippen LogP contribution in [0.3, 0.4) is 0 Å². The molecule has 15 heavy (non-hydrogen) atoms. The largest absolute Gasteiger partial charge is 0.465 e. The fourth-order valence-corrected chi connectivity index (χ4v) is 0.730. The molecule has 0 heterocycles. The average molecular weight is 216 g/mol. The fourth-order valence-electron chi connectivity index (χ4n) is 0.730. The lowest BCUT2D eigenvalue weighted by atomic mass is 10.2. The molecule has 6 nitrogen and oxygen atoms in total. The van der Waals surface area contributed by atoms with Gasteiger partial charge in [-0.1, -0.05) is 6.92 Å². The van der Waals surface area contributed by atoms with E-state index in [1.807, 2.05) is 0 Å². The third-order valence-corrected chi connectivity index (χ3v) is 2.13. The Kier molecular flexibility index (Phi) is 5.05. The van der Waals surface area contributed by atoms with Crippen LogP contribution >= 0.6 is 0 Å². The van der Waals surface area contributed by atoms with Crippen molar-refractivity contribution in [3.05, 3.63) is 0 Å². The first-order chi connectivity index (χ1) is 6.84. The molecule has 0 aromatic rings. The van der Waals surface area contributed by atoms with E-state index in [-0.39, 0.29) is 6.61 Å². The van der Waals surface area contributed by atoms with Crippen LogP contribution in [-0.4, -0.2) is 46.7 Å². The number of hydrogen-bond acceptors (Lipinski definition) is 4. The molecule has 0 aromatic carbocycles. The third-order valence-electron chi connectivity index (χ3n) is 2.13. The molecular weight excluding hydrogens is 200 g/mol. The first kappa shape index (κ1) is 13.7. The highest BCUT2D eigenvalue weighted by atomic mass is 16.6. The van der Waals surface area contributed by atoms with Crippen molar-refractivity contribution in [3.63, 3.8) is 0 Å². The van der Waals surface area contributed by atoms with E-state index >= 15 is 0 Å². The van der Waals surface area contributed by atoms with Crippen LogP contribution in [0.15, 0.2) is 0 Å². The summed E-state index contributed by atoms with van der Waals surface area (Å²) in [5, 5.41) is 26.8. The standard InChI is InChI=1S/C9H16N2O4/c1-4-9(2,14)15-6-7(5-10)11(3)8(12)13/h7,14H,4,6H2,1-3H3,(H,12,13). The van der Waals surface area contributed by atoms with Crippen LogP contribution in [0.1, 0.15) is 20.3 Å². The topological polar surface area (TPSA) is 93.8 Å². The zero-order valence-corrected chi connectivity index (χ0v) is 9.10. The molecule has 0 aromatic heterocycles. The Bertz CT molecular complexity index is 259. The van der Waals surface area contributed by atoms with E-state index in [1.54, 1.807) is 13.0 Å². The Labute approximate surface area is 88.7 Å². The average Bonchev–Trinajstić information content (AvgIpc) is 2.18. The van der Waals surface area contributed by atoms with Crippen molar-refractivity contribution >= 4 is 6.09 Å². The molecule has 0 spiro atoms. The highest BCUT2D eigenvalue weighted by Gasteiger charge is 2.24. The predicted molar refractivity (Wildman–Crippen MR) is 52.1 cm³/mol. The number of nitrogens with zero attached hydrogens (tertiary/aromatic N) is 2. The molecule has 0 aliphatic heterocycles. The first-order valence-corrected chi connectivity index (χ1v) is 4.55. The highest BCUT2D eigenvalue weighted by Crippen LogP contribution is 2.11. The van der Waals surface area contributed by atoms with Gasteiger partial charge in [0.2, 0.25) is 0 Å². The number of rotatable bonds is 5. The molecule has 0 aliphatic rings. The normalized spacial score (nSPS) is 16.2. The number of carbonyl (C=O) groups is 1. The molecule has 2 atom stereocenters. The second-order valence-electron chi connectivity index (χ2n) is 3.38. The summed E-state index contributed by atoms with van der Waals surface area (Å²) in [6.45, 7) is 3.03. The lowest BCUT2D eigenvalue weighted by molar-refractivity contribution is -0.195. The van der Waals surface area contributed by atoms with Gasteiger partial charge in [-0.2, -0.15) is 5.26 Å². The summed E-state index contributed by atoms with van der Waals surface area (Å²) < 4.78 is 5.03. The molecule has 6 heteroatoms. The number of nitriles is 1. The second kappa shape index (κ2) is 5.53. The zero-order valence-electron chi connectivity index (χ0n) is 9.10. The molecule has 2 unspecified atom stereocenters. The molecule has 0 rings (SSSR count). The lowest BCUT2D eigenvalue weighted by Gasteiger charge is -2.26. The molecule has 2 N–H and O–H groups in total. The van der Waals surface area contributed by atoms with E-state index < -0.39 is 17.9 Å². The van der Waals surface area contributed by atoms with Gasteiger partial charge in [-0.15, -0.1) is 0 Å². The Morgan fingerprint density at radius 2 is 2.27 bits per heavy atom. The third kappa shape index (κ3) is 4.63. The van der Waals surface area contributed by atoms with Gasteiger partial charge in [-0.05, 0) is 13.3 Å². The summed E-state index contributed by atoms with van der Waals surface area (Å²) in [6, 6.07) is 0.873. The van der Waals surface area contributed by atoms with Gasteiger partial charge in [-0.3, -0.25) is 4.90 Å². The monoisotopic (exact) mass is 216 g/mol. The maximum absolute atomic E-state index is 10.6. The maximum Gasteiger partial charge on any atom is 0.408 e. The molecule has 1 amide bonds. The molecule has 0 radical (unpaired) electrons. The van der Waals surface area contributed by atoms with Crippen LogP contribution in [-0.2, 0) is 4.74 Å². The Morgan fingerprint density at radius 1 is 1.73 bits per heavy atom. The molecule has 0 saturated heterocycles. The van der Waals surface area contributed by atoms with Crippen molar-refractivity contribution in [3.8, 4) is 6.07 Å². The van der Waals surface area contributed by atoms with Crippen LogP contribution in [0.25, 0.3) is 0 Å². The summed E-state index contributed by atoms with van der Waals surface area (Å²) in [5.74, 6) is -1.32. The zero-order chi connectivity index (χ0) is 12.1. The predicted octanol–water partition coefficient (Wildman–Crippen LogP) is 0.623. The van der Waals surface area contributed by atoms with Gasteiger partial charge in [0.25, 0.3) is 0 Å². The van der Waals surface area contributed by atoms with Crippen molar-refractivity contribution in [2.75, 3.05) is 13.7 Å². The van der Waals surface area contributed by atoms with E-state index in [1.165, 1.54) is 14.0 Å². The van der Waals surface area contributed by atoms with Gasteiger partial charge in [0.05, 0.1) is 12.7 Å². The highest BCUT2D eigenvalue weighted by molar-refractivity contribution is 5.65. The van der Waals surface area contributed by atoms with Crippen LogP contribution in [0.4, 0.5) is 4.79 Å². The van der Waals surface area contributed by atoms with Crippen molar-refractivity contribution < 1.29 is 19.7 Å². The lowest BCUT2D eigenvalue weighted by Crippen LogP contribution is -2.41. The summed E-state index contributed by atoms with van der Waals surface area (Å²) in [4.78, 5) is 11.4. The van der Waals surface area contributed by atoms with E-state index in [4.69, 9.17) is 15.1 Å². The summed E-state index contributed by atoms with van der Waals surface area (Å²) in [6.07, 6.45) is -0.844. The summed E-state index contributed by atoms with van der Waals surface area (Å²) in [5.41, 5.74) is 0. The molecule has 0 saturated carbocycles. The molecule has 0 fully saturated rings. The minimum Gasteiger partial charge on any atom is -0.465 e. The number of ether oxygens (including phenoxy) is 1. The molecular formula is C9H16N2O4. The van der Waals surface area contributed by atoms with Crippen LogP contribution in [0, 0.1) is 11.3 Å². The molecule has 0 bridgehead atoms. The minimum absolute atomic E-state index is 0.153. The quantitative estimate of drug-likeness (QED) is 0.657. The van der Waals surface area contributed by atoms with Crippen molar-refractivity contribution in [2.45, 2.75) is 32.1 Å². The van der Waals surface area contributed by atoms with Crippen LogP contribution in [0.5, 0.6) is 0 Å². The van der Waals surface area contributed by atoms with Gasteiger partial charge >= 0.3 is 6.09 Å². The van der Waals surface area contributed by atoms with E-state index in [2.05, 4.69) is 0 Å². The number of likely N-dealkylation sites (N-methyl/N-ethyl adjacent to an activating group) is 1. The minimum atomic E-state index is -1.32. The van der Waals surface area contributed by atoms with Gasteiger partial charge in [0.15, 0.2) is 5.79 Å². The summed E-state index contributed by atoms with van der Waals surface area (Å²) in [7, 11) is 1.28. The Balaban J connectivity index is 4.25. The van der Waals surface area contributed by atoms with Gasteiger partial charge in [0.1, 0.15) is 6.04 Å².